The first-order chi connectivity index (χ1) is 22.7. The van der Waals surface area contributed by atoms with Crippen LogP contribution in [0, 0.1) is 0 Å². The maximum absolute atomic E-state index is 5.84. The van der Waals surface area contributed by atoms with Crippen molar-refractivity contribution in [3.63, 3.8) is 0 Å². The van der Waals surface area contributed by atoms with Gasteiger partial charge in [0.15, 0.2) is 46.0 Å². The van der Waals surface area contributed by atoms with Crippen molar-refractivity contribution in [3.05, 3.63) is 86.5 Å². The van der Waals surface area contributed by atoms with E-state index in [0.29, 0.717) is 66.1 Å². The summed E-state index contributed by atoms with van der Waals surface area (Å²) in [5.74, 6) is 5.16. The smallest absolute Gasteiger partial charge is 0.162 e. The van der Waals surface area contributed by atoms with Crippen molar-refractivity contribution in [2.24, 2.45) is 0 Å². The molecule has 4 aromatic carbocycles. The average Bonchev–Trinajstić information content (AvgIpc) is 3.09. The monoisotopic (exact) mass is 1000 g/mol. The number of hydrogen-bond donors (Lipinski definition) is 0. The van der Waals surface area contributed by atoms with Gasteiger partial charge in [0.1, 0.15) is 0 Å². The molecule has 0 spiro atoms. The third-order valence-corrected chi connectivity index (χ3v) is 10.5. The van der Waals surface area contributed by atoms with Gasteiger partial charge in [-0.1, -0.05) is 46.4 Å². The van der Waals surface area contributed by atoms with Gasteiger partial charge in [-0.3, -0.25) is 0 Å². The highest BCUT2D eigenvalue weighted by Gasteiger charge is 2.09. The fourth-order valence-corrected chi connectivity index (χ4v) is 5.22. The van der Waals surface area contributed by atoms with E-state index in [1.165, 1.54) is 0 Å². The number of benzene rings is 4. The van der Waals surface area contributed by atoms with Gasteiger partial charge in [0.2, 0.25) is 0 Å². The van der Waals surface area contributed by atoms with Crippen LogP contribution in [0.15, 0.2) is 66.4 Å². The van der Waals surface area contributed by atoms with Gasteiger partial charge >= 0.3 is 0 Å². The fraction of sp³-hybridized carbons (Fsp3) is 0.250. The van der Waals surface area contributed by atoms with Crippen LogP contribution in [0.5, 0.6) is 46.0 Å². The summed E-state index contributed by atoms with van der Waals surface area (Å²) in [7, 11) is 12.6. The molecule has 0 heterocycles. The van der Waals surface area contributed by atoms with E-state index in [-0.39, 0.29) is 0 Å². The number of hydrogen-bond acceptors (Lipinski definition) is 8. The third-order valence-electron chi connectivity index (χ3n) is 5.71. The zero-order chi connectivity index (χ0) is 36.6. The molecule has 0 fully saturated rings. The Morgan fingerprint density at radius 3 is 0.542 bits per heavy atom. The first-order valence-electron chi connectivity index (χ1n) is 13.0. The molecule has 0 N–H and O–H groups in total. The van der Waals surface area contributed by atoms with Crippen LogP contribution in [0.2, 0.25) is 20.1 Å². The summed E-state index contributed by atoms with van der Waals surface area (Å²) in [6.07, 6.45) is 0. The van der Waals surface area contributed by atoms with E-state index in [9.17, 15) is 0 Å². The van der Waals surface area contributed by atoms with Crippen LogP contribution in [0.4, 0.5) is 0 Å². The van der Waals surface area contributed by atoms with Crippen LogP contribution in [-0.2, 0) is 0 Å². The van der Waals surface area contributed by atoms with E-state index < -0.39 is 0 Å². The molecule has 8 nitrogen and oxygen atoms in total. The standard InChI is InChI=1S/4C8H8BrClO2/c4*1-11-7-3-5(9)6(10)4-8(7)12-2/h4*3-4H,1-2H3. The molecular formula is C32H32Br4Cl4O8. The summed E-state index contributed by atoms with van der Waals surface area (Å²) in [6.45, 7) is 0. The van der Waals surface area contributed by atoms with Gasteiger partial charge < -0.3 is 37.9 Å². The predicted molar refractivity (Wildman–Crippen MR) is 209 cm³/mol. The average molecular weight is 1010 g/mol. The van der Waals surface area contributed by atoms with Gasteiger partial charge in [0, 0.05) is 42.2 Å². The van der Waals surface area contributed by atoms with Crippen LogP contribution in [0.3, 0.4) is 0 Å². The zero-order valence-corrected chi connectivity index (χ0v) is 36.3. The second-order valence-corrected chi connectivity index (χ2v) is 13.5. The number of ether oxygens (including phenoxy) is 8. The summed E-state index contributed by atoms with van der Waals surface area (Å²) < 4.78 is 43.6. The Labute approximate surface area is 334 Å². The molecule has 0 unspecified atom stereocenters. The molecule has 0 aliphatic carbocycles. The van der Waals surface area contributed by atoms with Crippen molar-refractivity contribution in [1.82, 2.24) is 0 Å². The largest absolute Gasteiger partial charge is 0.493 e. The second-order valence-electron chi connectivity index (χ2n) is 8.49. The molecule has 0 amide bonds. The van der Waals surface area contributed by atoms with Crippen molar-refractivity contribution in [2.75, 3.05) is 56.9 Å². The number of rotatable bonds is 8. The first kappa shape index (κ1) is 44.4. The maximum Gasteiger partial charge on any atom is 0.162 e. The molecule has 0 aliphatic rings. The summed E-state index contributed by atoms with van der Waals surface area (Å²) in [5.41, 5.74) is 0. The molecule has 0 aliphatic heterocycles. The third kappa shape index (κ3) is 13.6. The molecule has 0 saturated carbocycles. The van der Waals surface area contributed by atoms with Crippen molar-refractivity contribution in [1.29, 1.82) is 0 Å². The van der Waals surface area contributed by atoms with Gasteiger partial charge in [0.25, 0.3) is 0 Å². The minimum absolute atomic E-state index is 0.604. The minimum Gasteiger partial charge on any atom is -0.493 e. The van der Waals surface area contributed by atoms with E-state index in [1.807, 2.05) is 0 Å². The highest BCUT2D eigenvalue weighted by molar-refractivity contribution is 9.11. The number of methoxy groups -OCH3 is 8. The van der Waals surface area contributed by atoms with E-state index in [1.54, 1.807) is 105 Å². The Kier molecular flexibility index (Phi) is 21.2. The van der Waals surface area contributed by atoms with Crippen molar-refractivity contribution >= 4 is 110 Å². The van der Waals surface area contributed by atoms with Crippen LogP contribution in [0.25, 0.3) is 0 Å². The highest BCUT2D eigenvalue weighted by atomic mass is 79.9. The molecule has 0 saturated heterocycles. The Morgan fingerprint density at radius 1 is 0.292 bits per heavy atom. The van der Waals surface area contributed by atoms with Gasteiger partial charge in [-0.05, 0) is 88.0 Å². The summed E-state index contributed by atoms with van der Waals surface area (Å²) >= 11 is 36.5. The van der Waals surface area contributed by atoms with Gasteiger partial charge in [-0.15, -0.1) is 0 Å². The normalized spacial score (nSPS) is 9.67. The Balaban J connectivity index is 0.000000320. The quantitative estimate of drug-likeness (QED) is 0.173. The molecule has 4 aromatic rings. The van der Waals surface area contributed by atoms with Crippen molar-refractivity contribution in [2.45, 2.75) is 0 Å². The molecule has 264 valence electrons. The van der Waals surface area contributed by atoms with Gasteiger partial charge in [-0.25, -0.2) is 0 Å². The molecule has 48 heavy (non-hydrogen) atoms. The van der Waals surface area contributed by atoms with E-state index in [4.69, 9.17) is 84.3 Å². The lowest BCUT2D eigenvalue weighted by atomic mass is 10.3. The lowest BCUT2D eigenvalue weighted by Crippen LogP contribution is -1.90. The van der Waals surface area contributed by atoms with Crippen LogP contribution >= 0.6 is 110 Å². The molecular weight excluding hydrogens is 974 g/mol. The lowest BCUT2D eigenvalue weighted by Gasteiger charge is -2.08. The van der Waals surface area contributed by atoms with Gasteiger partial charge in [0.05, 0.1) is 77.0 Å². The lowest BCUT2D eigenvalue weighted by molar-refractivity contribution is 0.355. The van der Waals surface area contributed by atoms with E-state index in [2.05, 4.69) is 63.7 Å². The number of halogens is 8. The van der Waals surface area contributed by atoms with E-state index >= 15 is 0 Å². The molecule has 0 aromatic heterocycles. The van der Waals surface area contributed by atoms with Gasteiger partial charge in [-0.2, -0.15) is 0 Å². The Hall–Kier alpha value is -1.64. The SMILES string of the molecule is COc1cc(Cl)c(Br)cc1OC.COc1cc(Cl)c(Br)cc1OC.COc1cc(Cl)c(Br)cc1OC.COc1cc(Cl)c(Br)cc1OC. The molecule has 0 atom stereocenters. The molecule has 16 heteroatoms. The molecule has 0 radical (unpaired) electrons. The zero-order valence-electron chi connectivity index (χ0n) is 26.9. The van der Waals surface area contributed by atoms with Crippen LogP contribution < -0.4 is 37.9 Å². The predicted octanol–water partition coefficient (Wildman–Crippen LogP) is 12.5. The maximum atomic E-state index is 5.84. The fourth-order valence-electron chi connectivity index (χ4n) is 3.32. The highest BCUT2D eigenvalue weighted by Crippen LogP contribution is 2.38. The van der Waals surface area contributed by atoms with Crippen molar-refractivity contribution in [3.8, 4) is 46.0 Å². The summed E-state index contributed by atoms with van der Waals surface area (Å²) in [4.78, 5) is 0. The van der Waals surface area contributed by atoms with Crippen LogP contribution in [0.1, 0.15) is 0 Å². The summed E-state index contributed by atoms with van der Waals surface area (Å²) in [5, 5.41) is 2.42. The minimum atomic E-state index is 0.604. The summed E-state index contributed by atoms with van der Waals surface area (Å²) in [6, 6.07) is 13.9. The first-order valence-corrected chi connectivity index (χ1v) is 17.7. The Bertz CT molecular complexity index is 1280. The molecule has 0 bridgehead atoms. The van der Waals surface area contributed by atoms with Crippen molar-refractivity contribution < 1.29 is 37.9 Å². The topological polar surface area (TPSA) is 73.8 Å². The van der Waals surface area contributed by atoms with Crippen LogP contribution in [-0.4, -0.2) is 56.9 Å². The van der Waals surface area contributed by atoms with E-state index in [0.717, 1.165) is 17.9 Å². The molecule has 4 rings (SSSR count). The Morgan fingerprint density at radius 2 is 0.417 bits per heavy atom. The second kappa shape index (κ2) is 23.0.